The minimum atomic E-state index is -0.290. The predicted molar refractivity (Wildman–Crippen MR) is 86.9 cm³/mol. The summed E-state index contributed by atoms with van der Waals surface area (Å²) < 4.78 is 0. The number of hydrogen-bond acceptors (Lipinski definition) is 4. The zero-order chi connectivity index (χ0) is 15.2. The van der Waals surface area contributed by atoms with Gasteiger partial charge in [-0.05, 0) is 37.8 Å². The van der Waals surface area contributed by atoms with Crippen molar-refractivity contribution in [3.8, 4) is 0 Å². The first-order chi connectivity index (χ1) is 10.1. The van der Waals surface area contributed by atoms with Crippen molar-refractivity contribution in [2.45, 2.75) is 52.0 Å². The Kier molecular flexibility index (Phi) is 5.42. The molecule has 2 atom stereocenters. The summed E-state index contributed by atoms with van der Waals surface area (Å²) in [6.07, 6.45) is 6.01. The fraction of sp³-hybridized carbons (Fsp3) is 0.625. The molecule has 0 heterocycles. The first-order valence-electron chi connectivity index (χ1n) is 7.91. The summed E-state index contributed by atoms with van der Waals surface area (Å²) in [4.78, 5) is 11.1. The summed E-state index contributed by atoms with van der Waals surface area (Å²) in [5, 5.41) is 17.9. The Balaban J connectivity index is 2.25. The minimum absolute atomic E-state index is 0.163. The molecular formula is C16H25N3O2. The highest BCUT2D eigenvalue weighted by Crippen LogP contribution is 2.35. The van der Waals surface area contributed by atoms with Crippen LogP contribution in [0.4, 0.5) is 17.1 Å². The van der Waals surface area contributed by atoms with Crippen LogP contribution >= 0.6 is 0 Å². The summed E-state index contributed by atoms with van der Waals surface area (Å²) in [5.74, 6) is 0.551. The van der Waals surface area contributed by atoms with Crippen LogP contribution < -0.4 is 10.6 Å². The molecule has 21 heavy (non-hydrogen) atoms. The van der Waals surface area contributed by atoms with Gasteiger partial charge in [-0.15, -0.1) is 0 Å². The Hall–Kier alpha value is -1.78. The van der Waals surface area contributed by atoms with Crippen molar-refractivity contribution in [2.24, 2.45) is 5.92 Å². The van der Waals surface area contributed by atoms with E-state index in [0.29, 0.717) is 29.9 Å². The Morgan fingerprint density at radius 2 is 1.95 bits per heavy atom. The van der Waals surface area contributed by atoms with Crippen molar-refractivity contribution < 1.29 is 4.92 Å². The van der Waals surface area contributed by atoms with E-state index in [2.05, 4.69) is 17.6 Å². The van der Waals surface area contributed by atoms with Crippen LogP contribution in [0, 0.1) is 16.0 Å². The van der Waals surface area contributed by atoms with Gasteiger partial charge in [0.1, 0.15) is 11.4 Å². The fourth-order valence-corrected chi connectivity index (χ4v) is 3.10. The molecule has 1 saturated carbocycles. The molecule has 0 aromatic heterocycles. The Bertz CT molecular complexity index is 490. The summed E-state index contributed by atoms with van der Waals surface area (Å²) >= 11 is 0. The third kappa shape index (κ3) is 3.86. The van der Waals surface area contributed by atoms with Crippen LogP contribution in [0.5, 0.6) is 0 Å². The third-order valence-corrected chi connectivity index (χ3v) is 4.29. The maximum atomic E-state index is 11.4. The Labute approximate surface area is 126 Å². The molecule has 1 fully saturated rings. The average molecular weight is 291 g/mol. The molecule has 2 rings (SSSR count). The standard InChI is InChI=1S/C16H25N3O2/c1-3-17-14-10-7-11-15(16(14)19(20)21)18-13-9-6-4-5-8-12(13)2/h7,10-13,17-18H,3-6,8-9H2,1-2H3. The van der Waals surface area contributed by atoms with Crippen molar-refractivity contribution in [1.82, 2.24) is 0 Å². The van der Waals surface area contributed by atoms with Gasteiger partial charge < -0.3 is 10.6 Å². The molecule has 2 unspecified atom stereocenters. The fourth-order valence-electron chi connectivity index (χ4n) is 3.10. The number of anilines is 2. The second kappa shape index (κ2) is 7.29. The van der Waals surface area contributed by atoms with Gasteiger partial charge in [-0.2, -0.15) is 0 Å². The zero-order valence-electron chi connectivity index (χ0n) is 12.9. The van der Waals surface area contributed by atoms with Crippen molar-refractivity contribution in [3.63, 3.8) is 0 Å². The smallest absolute Gasteiger partial charge is 0.315 e. The van der Waals surface area contributed by atoms with Gasteiger partial charge in [-0.1, -0.05) is 32.3 Å². The van der Waals surface area contributed by atoms with Crippen molar-refractivity contribution in [2.75, 3.05) is 17.2 Å². The van der Waals surface area contributed by atoms with E-state index >= 15 is 0 Å². The first-order valence-corrected chi connectivity index (χ1v) is 7.91. The van der Waals surface area contributed by atoms with E-state index < -0.39 is 0 Å². The van der Waals surface area contributed by atoms with Gasteiger partial charge in [-0.25, -0.2) is 0 Å². The quantitative estimate of drug-likeness (QED) is 0.479. The van der Waals surface area contributed by atoms with Crippen LogP contribution in [0.1, 0.15) is 46.0 Å². The number of benzene rings is 1. The van der Waals surface area contributed by atoms with Crippen LogP contribution in [0.3, 0.4) is 0 Å². The van der Waals surface area contributed by atoms with E-state index in [1.807, 2.05) is 19.1 Å². The number of hydrogen-bond donors (Lipinski definition) is 2. The van der Waals surface area contributed by atoms with Gasteiger partial charge in [0.25, 0.3) is 0 Å². The first kappa shape index (κ1) is 15.6. The summed E-state index contributed by atoms with van der Waals surface area (Å²) in [7, 11) is 0. The molecular weight excluding hydrogens is 266 g/mol. The van der Waals surface area contributed by atoms with Gasteiger partial charge in [0.15, 0.2) is 0 Å². The number of nitro groups is 1. The molecule has 0 radical (unpaired) electrons. The largest absolute Gasteiger partial charge is 0.380 e. The van der Waals surface area contributed by atoms with Gasteiger partial charge in [0.05, 0.1) is 4.92 Å². The van der Waals surface area contributed by atoms with E-state index in [4.69, 9.17) is 0 Å². The van der Waals surface area contributed by atoms with Crippen LogP contribution in [0.15, 0.2) is 18.2 Å². The highest BCUT2D eigenvalue weighted by molar-refractivity contribution is 5.76. The lowest BCUT2D eigenvalue weighted by atomic mass is 9.96. The summed E-state index contributed by atoms with van der Waals surface area (Å²) in [6.45, 7) is 4.85. The molecule has 116 valence electrons. The lowest BCUT2D eigenvalue weighted by Gasteiger charge is -2.24. The normalized spacial score (nSPS) is 22.4. The zero-order valence-corrected chi connectivity index (χ0v) is 12.9. The third-order valence-electron chi connectivity index (χ3n) is 4.29. The molecule has 0 spiro atoms. The molecule has 1 aromatic carbocycles. The van der Waals surface area contributed by atoms with Crippen LogP contribution in [0.25, 0.3) is 0 Å². The van der Waals surface area contributed by atoms with Gasteiger partial charge >= 0.3 is 5.69 Å². The van der Waals surface area contributed by atoms with E-state index in [1.165, 1.54) is 25.7 Å². The number of rotatable bonds is 5. The molecule has 5 nitrogen and oxygen atoms in total. The molecule has 2 N–H and O–H groups in total. The van der Waals surface area contributed by atoms with Crippen molar-refractivity contribution in [3.05, 3.63) is 28.3 Å². The molecule has 0 aliphatic heterocycles. The van der Waals surface area contributed by atoms with E-state index in [0.717, 1.165) is 6.42 Å². The van der Waals surface area contributed by atoms with Crippen LogP contribution in [0.2, 0.25) is 0 Å². The second-order valence-electron chi connectivity index (χ2n) is 5.86. The highest BCUT2D eigenvalue weighted by atomic mass is 16.6. The van der Waals surface area contributed by atoms with Gasteiger partial charge in [-0.3, -0.25) is 10.1 Å². The SMILES string of the molecule is CCNc1cccc(NC2CCCCCC2C)c1[N+](=O)[O-]. The summed E-state index contributed by atoms with van der Waals surface area (Å²) in [6, 6.07) is 5.78. The molecule has 0 bridgehead atoms. The molecule has 0 amide bonds. The number of nitrogens with one attached hydrogen (secondary N) is 2. The maximum Gasteiger partial charge on any atom is 0.315 e. The summed E-state index contributed by atoms with van der Waals surface area (Å²) in [5.41, 5.74) is 1.39. The van der Waals surface area contributed by atoms with Crippen LogP contribution in [-0.2, 0) is 0 Å². The second-order valence-corrected chi connectivity index (χ2v) is 5.86. The highest BCUT2D eigenvalue weighted by Gasteiger charge is 2.25. The van der Waals surface area contributed by atoms with Gasteiger partial charge in [0.2, 0.25) is 0 Å². The monoisotopic (exact) mass is 291 g/mol. The maximum absolute atomic E-state index is 11.4. The predicted octanol–water partition coefficient (Wildman–Crippen LogP) is 4.41. The molecule has 1 aliphatic carbocycles. The lowest BCUT2D eigenvalue weighted by molar-refractivity contribution is -0.383. The van der Waals surface area contributed by atoms with Crippen molar-refractivity contribution in [1.29, 1.82) is 0 Å². The number of para-hydroxylation sites is 1. The molecule has 1 aliphatic rings. The molecule has 5 heteroatoms. The Morgan fingerprint density at radius 1 is 1.24 bits per heavy atom. The van der Waals surface area contributed by atoms with Crippen LogP contribution in [-0.4, -0.2) is 17.5 Å². The number of nitro benzene ring substituents is 1. The van der Waals surface area contributed by atoms with E-state index in [-0.39, 0.29) is 10.6 Å². The minimum Gasteiger partial charge on any atom is -0.380 e. The molecule has 0 saturated heterocycles. The topological polar surface area (TPSA) is 67.2 Å². The Morgan fingerprint density at radius 3 is 2.67 bits per heavy atom. The van der Waals surface area contributed by atoms with Gasteiger partial charge in [0, 0.05) is 12.6 Å². The number of nitrogens with zero attached hydrogens (tertiary/aromatic N) is 1. The van der Waals surface area contributed by atoms with Crippen molar-refractivity contribution >= 4 is 17.1 Å². The average Bonchev–Trinajstić information content (AvgIpc) is 2.64. The molecule has 1 aromatic rings. The lowest BCUT2D eigenvalue weighted by Crippen LogP contribution is -2.26. The van der Waals surface area contributed by atoms with E-state index in [9.17, 15) is 10.1 Å². The van der Waals surface area contributed by atoms with E-state index in [1.54, 1.807) is 6.07 Å².